The number of anilines is 1. The Morgan fingerprint density at radius 2 is 2.12 bits per heavy atom. The number of thiazole rings is 1. The largest absolute Gasteiger partial charge is 0.497 e. The summed E-state index contributed by atoms with van der Waals surface area (Å²) < 4.78 is 6.93. The van der Waals surface area contributed by atoms with E-state index in [1.54, 1.807) is 18.0 Å². The second kappa shape index (κ2) is 6.04. The van der Waals surface area contributed by atoms with Crippen LogP contribution in [0.15, 0.2) is 35.8 Å². The molecule has 1 saturated carbocycles. The fourth-order valence-corrected chi connectivity index (χ4v) is 3.05. The molecule has 1 aromatic carbocycles. The maximum absolute atomic E-state index is 12.5. The van der Waals surface area contributed by atoms with E-state index in [0.29, 0.717) is 16.7 Å². The quantitative estimate of drug-likeness (QED) is 0.772. The summed E-state index contributed by atoms with van der Waals surface area (Å²) in [5.74, 6) is 0.819. The molecule has 2 aromatic heterocycles. The van der Waals surface area contributed by atoms with Crippen molar-refractivity contribution in [2.24, 2.45) is 0 Å². The summed E-state index contributed by atoms with van der Waals surface area (Å²) in [6, 6.07) is 7.54. The van der Waals surface area contributed by atoms with Crippen LogP contribution < -0.4 is 10.1 Å². The summed E-state index contributed by atoms with van der Waals surface area (Å²) in [5.41, 5.74) is 2.08. The molecule has 0 atom stereocenters. The zero-order chi connectivity index (χ0) is 16.5. The number of hydrogen-bond donors (Lipinski definition) is 1. The third-order valence-electron chi connectivity index (χ3n) is 3.85. The topological polar surface area (TPSA) is 81.9 Å². The number of benzene rings is 1. The molecule has 4 rings (SSSR count). The molecule has 0 aliphatic heterocycles. The van der Waals surface area contributed by atoms with E-state index in [1.807, 2.05) is 29.6 Å². The van der Waals surface area contributed by atoms with Crippen LogP contribution in [-0.2, 0) is 0 Å². The number of rotatable bonds is 5. The Kier molecular flexibility index (Phi) is 3.73. The predicted molar refractivity (Wildman–Crippen MR) is 90.0 cm³/mol. The van der Waals surface area contributed by atoms with E-state index >= 15 is 0 Å². The number of hydrogen-bond acceptors (Lipinski definition) is 6. The zero-order valence-electron chi connectivity index (χ0n) is 13.0. The number of amides is 1. The van der Waals surface area contributed by atoms with E-state index in [0.717, 1.165) is 30.0 Å². The fraction of sp³-hybridized carbons (Fsp3) is 0.250. The normalized spacial score (nSPS) is 13.7. The third-order valence-corrected chi connectivity index (χ3v) is 4.54. The molecule has 3 aromatic rings. The zero-order valence-corrected chi connectivity index (χ0v) is 13.8. The number of nitrogens with zero attached hydrogens (tertiary/aromatic N) is 4. The molecule has 0 bridgehead atoms. The number of nitrogens with one attached hydrogen (secondary N) is 1. The summed E-state index contributed by atoms with van der Waals surface area (Å²) in [6.45, 7) is 0. The highest BCUT2D eigenvalue weighted by atomic mass is 32.1. The lowest BCUT2D eigenvalue weighted by atomic mass is 10.2. The summed E-state index contributed by atoms with van der Waals surface area (Å²) in [6.07, 6.45) is 3.73. The number of carbonyl (C=O) groups is 1. The van der Waals surface area contributed by atoms with Gasteiger partial charge in [-0.1, -0.05) is 5.21 Å². The standard InChI is InChI=1S/C16H15N5O2S/c1-23-12-6-4-11(5-7-12)21-14(10-2-3-10)13(19-20-21)15(22)18-16-17-8-9-24-16/h4-10H,2-3H2,1H3,(H,17,18,22). The molecule has 122 valence electrons. The molecule has 0 unspecified atom stereocenters. The minimum absolute atomic E-state index is 0.272. The average Bonchev–Trinajstić information content (AvgIpc) is 3.14. The molecule has 8 heteroatoms. The van der Waals surface area contributed by atoms with Crippen molar-refractivity contribution in [3.8, 4) is 11.4 Å². The maximum Gasteiger partial charge on any atom is 0.279 e. The first-order chi connectivity index (χ1) is 11.8. The first kappa shape index (κ1) is 14.8. The molecular formula is C16H15N5O2S. The second-order valence-corrected chi connectivity index (χ2v) is 6.39. The number of aromatic nitrogens is 4. The van der Waals surface area contributed by atoms with Gasteiger partial charge in [0, 0.05) is 17.5 Å². The van der Waals surface area contributed by atoms with Crippen LogP contribution in [0.2, 0.25) is 0 Å². The molecule has 1 aliphatic rings. The Bertz CT molecular complexity index is 853. The van der Waals surface area contributed by atoms with Crippen molar-refractivity contribution in [2.75, 3.05) is 12.4 Å². The van der Waals surface area contributed by atoms with Gasteiger partial charge in [0.2, 0.25) is 0 Å². The molecule has 1 N–H and O–H groups in total. The lowest BCUT2D eigenvalue weighted by Crippen LogP contribution is -2.15. The van der Waals surface area contributed by atoms with Crippen molar-refractivity contribution in [3.05, 3.63) is 47.2 Å². The van der Waals surface area contributed by atoms with Crippen molar-refractivity contribution >= 4 is 22.4 Å². The first-order valence-corrected chi connectivity index (χ1v) is 8.45. The molecule has 0 radical (unpaired) electrons. The van der Waals surface area contributed by atoms with Crippen molar-refractivity contribution in [2.45, 2.75) is 18.8 Å². The van der Waals surface area contributed by atoms with Crippen LogP contribution in [0.1, 0.15) is 34.9 Å². The molecule has 0 spiro atoms. The lowest BCUT2D eigenvalue weighted by molar-refractivity contribution is 0.102. The molecule has 1 amide bonds. The van der Waals surface area contributed by atoms with Crippen LogP contribution in [0.5, 0.6) is 5.75 Å². The Morgan fingerprint density at radius 3 is 2.75 bits per heavy atom. The van der Waals surface area contributed by atoms with Gasteiger partial charge in [0.1, 0.15) is 5.75 Å². The molecular weight excluding hydrogens is 326 g/mol. The highest BCUT2D eigenvalue weighted by molar-refractivity contribution is 7.13. The second-order valence-electron chi connectivity index (χ2n) is 5.50. The van der Waals surface area contributed by atoms with E-state index in [4.69, 9.17) is 4.74 Å². The monoisotopic (exact) mass is 341 g/mol. The van der Waals surface area contributed by atoms with Crippen LogP contribution in [-0.4, -0.2) is 33.0 Å². The van der Waals surface area contributed by atoms with E-state index in [2.05, 4.69) is 20.6 Å². The van der Waals surface area contributed by atoms with Crippen LogP contribution in [0, 0.1) is 0 Å². The molecule has 7 nitrogen and oxygen atoms in total. The minimum Gasteiger partial charge on any atom is -0.497 e. The number of methoxy groups -OCH3 is 1. The van der Waals surface area contributed by atoms with Gasteiger partial charge in [0.15, 0.2) is 10.8 Å². The van der Waals surface area contributed by atoms with Gasteiger partial charge in [-0.3, -0.25) is 10.1 Å². The van der Waals surface area contributed by atoms with E-state index in [9.17, 15) is 4.79 Å². The summed E-state index contributed by atoms with van der Waals surface area (Å²) in [5, 5.41) is 13.5. The first-order valence-electron chi connectivity index (χ1n) is 7.57. The van der Waals surface area contributed by atoms with Crippen LogP contribution in [0.25, 0.3) is 5.69 Å². The van der Waals surface area contributed by atoms with Crippen molar-refractivity contribution in [3.63, 3.8) is 0 Å². The van der Waals surface area contributed by atoms with Gasteiger partial charge < -0.3 is 4.74 Å². The van der Waals surface area contributed by atoms with Gasteiger partial charge in [0.05, 0.1) is 18.5 Å². The highest BCUT2D eigenvalue weighted by Gasteiger charge is 2.34. The van der Waals surface area contributed by atoms with E-state index in [-0.39, 0.29) is 5.91 Å². The van der Waals surface area contributed by atoms with E-state index < -0.39 is 0 Å². The van der Waals surface area contributed by atoms with Gasteiger partial charge >= 0.3 is 0 Å². The molecule has 0 saturated heterocycles. The molecule has 24 heavy (non-hydrogen) atoms. The minimum atomic E-state index is -0.272. The van der Waals surface area contributed by atoms with Gasteiger partial charge in [-0.2, -0.15) is 0 Å². The van der Waals surface area contributed by atoms with Gasteiger partial charge in [0.25, 0.3) is 5.91 Å². The summed E-state index contributed by atoms with van der Waals surface area (Å²) in [4.78, 5) is 16.6. The van der Waals surface area contributed by atoms with Gasteiger partial charge in [-0.05, 0) is 37.1 Å². The molecule has 1 aliphatic carbocycles. The van der Waals surface area contributed by atoms with Crippen LogP contribution >= 0.6 is 11.3 Å². The Balaban J connectivity index is 1.68. The smallest absolute Gasteiger partial charge is 0.279 e. The van der Waals surface area contributed by atoms with Crippen LogP contribution in [0.4, 0.5) is 5.13 Å². The summed E-state index contributed by atoms with van der Waals surface area (Å²) in [7, 11) is 1.63. The SMILES string of the molecule is COc1ccc(-n2nnc(C(=O)Nc3nccs3)c2C2CC2)cc1. The Hall–Kier alpha value is -2.74. The lowest BCUT2D eigenvalue weighted by Gasteiger charge is -2.08. The average molecular weight is 341 g/mol. The van der Waals surface area contributed by atoms with Crippen molar-refractivity contribution < 1.29 is 9.53 Å². The van der Waals surface area contributed by atoms with Gasteiger partial charge in [-0.25, -0.2) is 9.67 Å². The third kappa shape index (κ3) is 2.76. The van der Waals surface area contributed by atoms with E-state index in [1.165, 1.54) is 11.3 Å². The van der Waals surface area contributed by atoms with Crippen LogP contribution in [0.3, 0.4) is 0 Å². The number of carbonyl (C=O) groups excluding carboxylic acids is 1. The van der Waals surface area contributed by atoms with Gasteiger partial charge in [-0.15, -0.1) is 16.4 Å². The molecule has 1 fully saturated rings. The van der Waals surface area contributed by atoms with Crippen molar-refractivity contribution in [1.29, 1.82) is 0 Å². The Labute approximate surface area is 142 Å². The maximum atomic E-state index is 12.5. The van der Waals surface area contributed by atoms with Crippen molar-refractivity contribution in [1.82, 2.24) is 20.0 Å². The highest BCUT2D eigenvalue weighted by Crippen LogP contribution is 2.42. The predicted octanol–water partition coefficient (Wildman–Crippen LogP) is 2.86. The molecule has 2 heterocycles. The summed E-state index contributed by atoms with van der Waals surface area (Å²) >= 11 is 1.37. The Morgan fingerprint density at radius 1 is 1.33 bits per heavy atom. The fourth-order valence-electron chi connectivity index (χ4n) is 2.53. The number of ether oxygens (including phenoxy) is 1.